The van der Waals surface area contributed by atoms with E-state index >= 15 is 0 Å². The van der Waals surface area contributed by atoms with Gasteiger partial charge >= 0.3 is 5.97 Å². The van der Waals surface area contributed by atoms with Gasteiger partial charge in [-0.3, -0.25) is 9.59 Å². The molecule has 1 saturated heterocycles. The zero-order valence-electron chi connectivity index (χ0n) is 12.1. The van der Waals surface area contributed by atoms with E-state index in [-0.39, 0.29) is 24.2 Å². The number of carbonyl (C=O) groups excluding carboxylic acids is 1. The van der Waals surface area contributed by atoms with Crippen LogP contribution in [0.5, 0.6) is 0 Å². The Kier molecular flexibility index (Phi) is 5.71. The van der Waals surface area contributed by atoms with Crippen molar-refractivity contribution in [2.45, 2.75) is 40.0 Å². The maximum absolute atomic E-state index is 12.0. The van der Waals surface area contributed by atoms with Gasteiger partial charge in [0.25, 0.3) is 0 Å². The largest absolute Gasteiger partial charge is 0.481 e. The Balaban J connectivity index is 2.55. The Morgan fingerprint density at radius 2 is 1.79 bits per heavy atom. The highest BCUT2D eigenvalue weighted by Crippen LogP contribution is 2.34. The number of hydrogen-bond donors (Lipinski definition) is 2. The molecular formula is C14H25NO3S. The molecule has 0 saturated carbocycles. The molecule has 5 heteroatoms. The standard InChI is InChI=1S/C14H25NO3S/c1-14(2,3)6-10-7-15(8-11(10)9-19)12(16)4-5-13(17)18/h10-11,19H,4-9H2,1-3H3,(H,17,18). The first-order valence-corrected chi connectivity index (χ1v) is 7.46. The van der Waals surface area contributed by atoms with Crippen molar-refractivity contribution in [3.8, 4) is 0 Å². The first kappa shape index (κ1) is 16.3. The van der Waals surface area contributed by atoms with Crippen LogP contribution in [0, 0.1) is 17.3 Å². The first-order chi connectivity index (χ1) is 8.73. The zero-order valence-corrected chi connectivity index (χ0v) is 12.9. The van der Waals surface area contributed by atoms with Gasteiger partial charge in [0.2, 0.25) is 5.91 Å². The van der Waals surface area contributed by atoms with E-state index in [1.807, 2.05) is 4.90 Å². The lowest BCUT2D eigenvalue weighted by atomic mass is 9.81. The van der Waals surface area contributed by atoms with Crippen molar-refractivity contribution in [3.05, 3.63) is 0 Å². The van der Waals surface area contributed by atoms with E-state index in [0.29, 0.717) is 11.8 Å². The van der Waals surface area contributed by atoms with Crippen molar-refractivity contribution in [2.24, 2.45) is 17.3 Å². The fraction of sp³-hybridized carbons (Fsp3) is 0.857. The Labute approximate surface area is 121 Å². The van der Waals surface area contributed by atoms with Crippen LogP contribution in [0.2, 0.25) is 0 Å². The van der Waals surface area contributed by atoms with E-state index in [1.165, 1.54) is 0 Å². The van der Waals surface area contributed by atoms with E-state index in [9.17, 15) is 9.59 Å². The van der Waals surface area contributed by atoms with Crippen LogP contribution in [-0.4, -0.2) is 40.7 Å². The van der Waals surface area contributed by atoms with Gasteiger partial charge in [0.15, 0.2) is 0 Å². The lowest BCUT2D eigenvalue weighted by molar-refractivity contribution is -0.140. The molecule has 19 heavy (non-hydrogen) atoms. The number of carboxylic acids is 1. The van der Waals surface area contributed by atoms with Crippen molar-refractivity contribution in [1.29, 1.82) is 0 Å². The van der Waals surface area contributed by atoms with Crippen LogP contribution in [0.15, 0.2) is 0 Å². The predicted molar refractivity (Wildman–Crippen MR) is 78.4 cm³/mol. The van der Waals surface area contributed by atoms with E-state index in [1.54, 1.807) is 0 Å². The monoisotopic (exact) mass is 287 g/mol. The fourth-order valence-electron chi connectivity index (χ4n) is 2.74. The molecule has 0 aromatic heterocycles. The summed E-state index contributed by atoms with van der Waals surface area (Å²) in [7, 11) is 0. The van der Waals surface area contributed by atoms with Crippen LogP contribution >= 0.6 is 12.6 Å². The highest BCUT2D eigenvalue weighted by Gasteiger charge is 2.36. The molecule has 2 unspecified atom stereocenters. The van der Waals surface area contributed by atoms with Crippen LogP contribution in [-0.2, 0) is 9.59 Å². The second-order valence-electron chi connectivity index (χ2n) is 6.66. The van der Waals surface area contributed by atoms with Gasteiger partial charge in [0, 0.05) is 19.5 Å². The highest BCUT2D eigenvalue weighted by atomic mass is 32.1. The number of amides is 1. The summed E-state index contributed by atoms with van der Waals surface area (Å²) < 4.78 is 0. The fourth-order valence-corrected chi connectivity index (χ4v) is 3.15. The third-order valence-electron chi connectivity index (χ3n) is 3.59. The van der Waals surface area contributed by atoms with Gasteiger partial charge in [-0.25, -0.2) is 0 Å². The van der Waals surface area contributed by atoms with E-state index in [4.69, 9.17) is 5.11 Å². The summed E-state index contributed by atoms with van der Waals surface area (Å²) in [6.45, 7) is 8.09. The van der Waals surface area contributed by atoms with E-state index in [2.05, 4.69) is 33.4 Å². The highest BCUT2D eigenvalue weighted by molar-refractivity contribution is 7.80. The molecule has 0 aliphatic carbocycles. The molecule has 2 atom stereocenters. The van der Waals surface area contributed by atoms with Crippen LogP contribution in [0.25, 0.3) is 0 Å². The van der Waals surface area contributed by atoms with E-state index in [0.717, 1.165) is 25.3 Å². The summed E-state index contributed by atoms with van der Waals surface area (Å²) in [6.07, 6.45) is 1.10. The van der Waals surface area contributed by atoms with Gasteiger partial charge in [-0.2, -0.15) is 12.6 Å². The van der Waals surface area contributed by atoms with Crippen molar-refractivity contribution in [1.82, 2.24) is 4.90 Å². The Morgan fingerprint density at radius 3 is 2.26 bits per heavy atom. The third-order valence-corrected chi connectivity index (χ3v) is 4.06. The number of likely N-dealkylation sites (tertiary alicyclic amines) is 1. The van der Waals surface area contributed by atoms with Crippen LogP contribution in [0.3, 0.4) is 0 Å². The SMILES string of the molecule is CC(C)(C)CC1CN(C(=O)CCC(=O)O)CC1CS. The van der Waals surface area contributed by atoms with Gasteiger partial charge in [-0.05, 0) is 29.4 Å². The molecule has 1 aliphatic heterocycles. The molecular weight excluding hydrogens is 262 g/mol. The Morgan fingerprint density at radius 1 is 1.21 bits per heavy atom. The molecule has 4 nitrogen and oxygen atoms in total. The topological polar surface area (TPSA) is 57.6 Å². The van der Waals surface area contributed by atoms with Gasteiger partial charge in [0.05, 0.1) is 6.42 Å². The molecule has 110 valence electrons. The minimum atomic E-state index is -0.912. The molecule has 1 fully saturated rings. The summed E-state index contributed by atoms with van der Waals surface area (Å²) in [4.78, 5) is 24.3. The van der Waals surface area contributed by atoms with Gasteiger partial charge in [-0.1, -0.05) is 20.8 Å². The summed E-state index contributed by atoms with van der Waals surface area (Å²) in [5.41, 5.74) is 0.242. The predicted octanol–water partition coefficient (Wildman–Crippen LogP) is 2.29. The summed E-state index contributed by atoms with van der Waals surface area (Å²) in [5.74, 6) is 0.737. The summed E-state index contributed by atoms with van der Waals surface area (Å²) in [6, 6.07) is 0. The average molecular weight is 287 g/mol. The van der Waals surface area contributed by atoms with Crippen LogP contribution in [0.4, 0.5) is 0 Å². The molecule has 0 spiro atoms. The number of carbonyl (C=O) groups is 2. The van der Waals surface area contributed by atoms with Gasteiger partial charge in [0.1, 0.15) is 0 Å². The minimum absolute atomic E-state index is 0.0365. The third kappa shape index (κ3) is 5.43. The second kappa shape index (κ2) is 6.64. The van der Waals surface area contributed by atoms with E-state index < -0.39 is 5.97 Å². The van der Waals surface area contributed by atoms with Gasteiger partial charge < -0.3 is 10.0 Å². The number of carboxylic acid groups (broad SMARTS) is 1. The minimum Gasteiger partial charge on any atom is -0.481 e. The van der Waals surface area contributed by atoms with Crippen LogP contribution in [0.1, 0.15) is 40.0 Å². The lowest BCUT2D eigenvalue weighted by Crippen LogP contribution is -2.29. The number of thiol groups is 1. The van der Waals surface area contributed by atoms with Crippen molar-refractivity contribution < 1.29 is 14.7 Å². The van der Waals surface area contributed by atoms with Crippen molar-refractivity contribution >= 4 is 24.5 Å². The maximum Gasteiger partial charge on any atom is 0.303 e. The lowest BCUT2D eigenvalue weighted by Gasteiger charge is -2.25. The summed E-state index contributed by atoms with van der Waals surface area (Å²) in [5, 5.41) is 8.63. The zero-order chi connectivity index (χ0) is 14.6. The molecule has 1 N–H and O–H groups in total. The first-order valence-electron chi connectivity index (χ1n) is 6.83. The average Bonchev–Trinajstić information content (AvgIpc) is 2.66. The second-order valence-corrected chi connectivity index (χ2v) is 7.03. The number of aliphatic carboxylic acids is 1. The number of nitrogens with zero attached hydrogens (tertiary/aromatic N) is 1. The molecule has 1 amide bonds. The van der Waals surface area contributed by atoms with Gasteiger partial charge in [-0.15, -0.1) is 0 Å². The Bertz CT molecular complexity index is 338. The van der Waals surface area contributed by atoms with Crippen molar-refractivity contribution in [2.75, 3.05) is 18.8 Å². The molecule has 1 rings (SSSR count). The van der Waals surface area contributed by atoms with Crippen LogP contribution < -0.4 is 0 Å². The quantitative estimate of drug-likeness (QED) is 0.763. The molecule has 0 aromatic carbocycles. The normalized spacial score (nSPS) is 23.7. The molecule has 1 heterocycles. The number of hydrogen-bond acceptors (Lipinski definition) is 3. The molecule has 1 aliphatic rings. The maximum atomic E-state index is 12.0. The molecule has 0 bridgehead atoms. The molecule has 0 radical (unpaired) electrons. The molecule has 0 aromatic rings. The number of rotatable bonds is 5. The Hall–Kier alpha value is -0.710. The summed E-state index contributed by atoms with van der Waals surface area (Å²) >= 11 is 4.39. The van der Waals surface area contributed by atoms with Crippen molar-refractivity contribution in [3.63, 3.8) is 0 Å². The smallest absolute Gasteiger partial charge is 0.303 e.